The number of carbonyl (C=O) groups is 8. The predicted octanol–water partition coefficient (Wildman–Crippen LogP) is 0.700. The van der Waals surface area contributed by atoms with Crippen LogP contribution in [-0.2, 0) is 38.4 Å². The summed E-state index contributed by atoms with van der Waals surface area (Å²) in [5.74, 6) is -4.39. The maximum Gasteiger partial charge on any atom is 0.198 e. The van der Waals surface area contributed by atoms with Crippen molar-refractivity contribution in [2.75, 3.05) is 0 Å². The molecule has 0 aliphatic rings. The second-order valence-corrected chi connectivity index (χ2v) is 5.66. The summed E-state index contributed by atoms with van der Waals surface area (Å²) in [7, 11) is 0. The van der Waals surface area contributed by atoms with Crippen molar-refractivity contribution in [3.63, 3.8) is 0 Å². The first-order valence-corrected chi connectivity index (χ1v) is 8.38. The van der Waals surface area contributed by atoms with Crippen molar-refractivity contribution in [2.24, 2.45) is 0 Å². The number of ketones is 6. The Kier molecular flexibility index (Phi) is 12.2. The highest BCUT2D eigenvalue weighted by molar-refractivity contribution is 6.41. The molecule has 0 amide bonds. The zero-order valence-corrected chi connectivity index (χ0v) is 14.5. The monoisotopic (exact) mass is 366 g/mol. The summed E-state index contributed by atoms with van der Waals surface area (Å²) in [6.07, 6.45) is 0.206. The number of rotatable bonds is 17. The first-order chi connectivity index (χ1) is 12.3. The van der Waals surface area contributed by atoms with E-state index in [1.807, 2.05) is 0 Å². The van der Waals surface area contributed by atoms with E-state index in [9.17, 15) is 38.4 Å². The molecule has 0 aliphatic carbocycles. The molecular formula is C18H22O8. The lowest BCUT2D eigenvalue weighted by Crippen LogP contribution is -2.19. The highest BCUT2D eigenvalue weighted by atomic mass is 16.2. The summed E-state index contributed by atoms with van der Waals surface area (Å²) in [4.78, 5) is 89.2. The van der Waals surface area contributed by atoms with Crippen molar-refractivity contribution in [3.8, 4) is 0 Å². The van der Waals surface area contributed by atoms with Crippen LogP contribution in [0, 0.1) is 0 Å². The molecular weight excluding hydrogens is 344 g/mol. The van der Waals surface area contributed by atoms with E-state index < -0.39 is 47.5 Å². The first-order valence-electron chi connectivity index (χ1n) is 8.38. The van der Waals surface area contributed by atoms with Gasteiger partial charge in [-0.15, -0.1) is 0 Å². The molecule has 0 rings (SSSR count). The fraction of sp³-hybridized carbons (Fsp3) is 0.556. The van der Waals surface area contributed by atoms with Crippen molar-refractivity contribution < 1.29 is 38.4 Å². The van der Waals surface area contributed by atoms with Gasteiger partial charge in [0, 0.05) is 51.4 Å². The van der Waals surface area contributed by atoms with E-state index in [-0.39, 0.29) is 44.9 Å². The van der Waals surface area contributed by atoms with Crippen LogP contribution < -0.4 is 0 Å². The van der Waals surface area contributed by atoms with Crippen LogP contribution in [0.1, 0.15) is 64.2 Å². The standard InChI is InChI=1S/C18H22O8/c19-11-2-1-5-13(21)14(22)6-3-7-15(23)17(25)9-10-18(26)16(24)8-4-12-20/h11-12H,1-10H2. The molecule has 0 bridgehead atoms. The van der Waals surface area contributed by atoms with Gasteiger partial charge in [-0.3, -0.25) is 28.8 Å². The van der Waals surface area contributed by atoms with Crippen LogP contribution in [0.15, 0.2) is 0 Å². The predicted molar refractivity (Wildman–Crippen MR) is 88.3 cm³/mol. The number of Topliss-reactive ketones (excluding diaryl/α,β-unsaturated/α-hetero) is 6. The number of hydrogen-bond acceptors (Lipinski definition) is 8. The molecule has 0 radical (unpaired) electrons. The molecule has 26 heavy (non-hydrogen) atoms. The number of hydrogen-bond donors (Lipinski definition) is 0. The van der Waals surface area contributed by atoms with E-state index in [4.69, 9.17) is 0 Å². The third-order valence-corrected chi connectivity index (χ3v) is 3.53. The van der Waals surface area contributed by atoms with Gasteiger partial charge in [0.05, 0.1) is 0 Å². The quantitative estimate of drug-likeness (QED) is 0.208. The van der Waals surface area contributed by atoms with E-state index >= 15 is 0 Å². The number of carbonyl (C=O) groups excluding carboxylic acids is 8. The molecule has 0 aromatic rings. The van der Waals surface area contributed by atoms with Crippen LogP contribution >= 0.6 is 0 Å². The average Bonchev–Trinajstić information content (AvgIpc) is 2.63. The summed E-state index contributed by atoms with van der Waals surface area (Å²) < 4.78 is 0. The molecule has 0 saturated heterocycles. The van der Waals surface area contributed by atoms with Crippen LogP contribution in [0.5, 0.6) is 0 Å². The second-order valence-electron chi connectivity index (χ2n) is 5.66. The van der Waals surface area contributed by atoms with Crippen molar-refractivity contribution in [3.05, 3.63) is 0 Å². The molecule has 0 aromatic carbocycles. The van der Waals surface area contributed by atoms with E-state index in [1.165, 1.54) is 0 Å². The van der Waals surface area contributed by atoms with Gasteiger partial charge in [-0.25, -0.2) is 0 Å². The minimum absolute atomic E-state index is 0.0231. The van der Waals surface area contributed by atoms with Gasteiger partial charge in [0.2, 0.25) is 0 Å². The van der Waals surface area contributed by atoms with Crippen molar-refractivity contribution in [1.29, 1.82) is 0 Å². The van der Waals surface area contributed by atoms with Gasteiger partial charge in [0.15, 0.2) is 34.7 Å². The number of unbranched alkanes of at least 4 members (excludes halogenated alkanes) is 1. The Balaban J connectivity index is 4.07. The van der Waals surface area contributed by atoms with Crippen LogP contribution in [0.25, 0.3) is 0 Å². The highest BCUT2D eigenvalue weighted by Crippen LogP contribution is 2.05. The topological polar surface area (TPSA) is 137 Å². The molecule has 0 N–H and O–H groups in total. The number of aldehydes is 2. The molecule has 0 aromatic heterocycles. The lowest BCUT2D eigenvalue weighted by molar-refractivity contribution is -0.139. The molecule has 0 spiro atoms. The normalized spacial score (nSPS) is 10.0. The van der Waals surface area contributed by atoms with E-state index in [0.717, 1.165) is 0 Å². The maximum atomic E-state index is 11.6. The Hall–Kier alpha value is -2.64. The summed E-state index contributed by atoms with van der Waals surface area (Å²) in [5.41, 5.74) is 0. The van der Waals surface area contributed by atoms with Crippen molar-refractivity contribution in [2.45, 2.75) is 64.2 Å². The van der Waals surface area contributed by atoms with Crippen LogP contribution in [-0.4, -0.2) is 47.3 Å². The maximum absolute atomic E-state index is 11.6. The smallest absolute Gasteiger partial charge is 0.198 e. The van der Waals surface area contributed by atoms with Gasteiger partial charge in [0.1, 0.15) is 12.6 Å². The van der Waals surface area contributed by atoms with Gasteiger partial charge in [-0.1, -0.05) is 0 Å². The lowest BCUT2D eigenvalue weighted by Gasteiger charge is -2.01. The van der Waals surface area contributed by atoms with E-state index in [2.05, 4.69) is 0 Å². The van der Waals surface area contributed by atoms with Crippen LogP contribution in [0.2, 0.25) is 0 Å². The van der Waals surface area contributed by atoms with Crippen molar-refractivity contribution >= 4 is 47.3 Å². The third kappa shape index (κ3) is 10.3. The van der Waals surface area contributed by atoms with Gasteiger partial charge in [-0.2, -0.15) is 0 Å². The Bertz CT molecular complexity index is 588. The third-order valence-electron chi connectivity index (χ3n) is 3.53. The molecule has 8 nitrogen and oxygen atoms in total. The molecule has 0 unspecified atom stereocenters. The van der Waals surface area contributed by atoms with Gasteiger partial charge < -0.3 is 9.59 Å². The molecule has 0 aliphatic heterocycles. The Morgan fingerprint density at radius 2 is 0.769 bits per heavy atom. The lowest BCUT2D eigenvalue weighted by atomic mass is 10.0. The second kappa shape index (κ2) is 13.6. The molecule has 142 valence electrons. The Morgan fingerprint density at radius 1 is 0.423 bits per heavy atom. The zero-order chi connectivity index (χ0) is 19.9. The minimum atomic E-state index is -0.814. The fourth-order valence-corrected chi connectivity index (χ4v) is 2.01. The average molecular weight is 366 g/mol. The Labute approximate surface area is 150 Å². The van der Waals surface area contributed by atoms with E-state index in [0.29, 0.717) is 19.0 Å². The highest BCUT2D eigenvalue weighted by Gasteiger charge is 2.20. The van der Waals surface area contributed by atoms with Crippen LogP contribution in [0.4, 0.5) is 0 Å². The summed E-state index contributed by atoms with van der Waals surface area (Å²) >= 11 is 0. The SMILES string of the molecule is O=CCCCC(=O)C(=O)CCCC(=O)C(=O)CCC(=O)C(=O)CCC=O. The van der Waals surface area contributed by atoms with Crippen LogP contribution in [0.3, 0.4) is 0 Å². The van der Waals surface area contributed by atoms with Gasteiger partial charge in [-0.05, 0) is 12.8 Å². The zero-order valence-electron chi connectivity index (χ0n) is 14.5. The molecule has 0 heterocycles. The summed E-state index contributed by atoms with van der Waals surface area (Å²) in [6, 6.07) is 0. The molecule has 8 heteroatoms. The van der Waals surface area contributed by atoms with Gasteiger partial charge in [0.25, 0.3) is 0 Å². The first kappa shape index (κ1) is 23.4. The molecule has 0 fully saturated rings. The largest absolute Gasteiger partial charge is 0.303 e. The summed E-state index contributed by atoms with van der Waals surface area (Å²) in [6.45, 7) is 0. The summed E-state index contributed by atoms with van der Waals surface area (Å²) in [5, 5.41) is 0. The fourth-order valence-electron chi connectivity index (χ4n) is 2.01. The Morgan fingerprint density at radius 3 is 1.19 bits per heavy atom. The molecule has 0 saturated carbocycles. The van der Waals surface area contributed by atoms with Crippen molar-refractivity contribution in [1.82, 2.24) is 0 Å². The van der Waals surface area contributed by atoms with E-state index in [1.54, 1.807) is 0 Å². The minimum Gasteiger partial charge on any atom is -0.303 e. The van der Waals surface area contributed by atoms with Gasteiger partial charge >= 0.3 is 0 Å². The molecule has 0 atom stereocenters.